The molecule has 1 atom stereocenters. The van der Waals surface area contributed by atoms with Crippen molar-refractivity contribution in [3.05, 3.63) is 58.6 Å². The number of ether oxygens (including phenoxy) is 1. The Morgan fingerprint density at radius 2 is 2.17 bits per heavy atom. The summed E-state index contributed by atoms with van der Waals surface area (Å²) in [6.45, 7) is 0.292. The molecule has 18 heavy (non-hydrogen) atoms. The van der Waals surface area contributed by atoms with Crippen LogP contribution in [0.15, 0.2) is 47.1 Å². The zero-order valence-corrected chi connectivity index (χ0v) is 11.1. The van der Waals surface area contributed by atoms with Crippen LogP contribution in [0.2, 0.25) is 0 Å². The second-order valence-corrected chi connectivity index (χ2v) is 4.53. The number of nitrogens with two attached hydrogens (primary N) is 1. The van der Waals surface area contributed by atoms with Crippen LogP contribution in [0, 0.1) is 5.82 Å². The third-order valence-corrected chi connectivity index (χ3v) is 3.01. The van der Waals surface area contributed by atoms with Crippen LogP contribution in [-0.2, 0) is 0 Å². The van der Waals surface area contributed by atoms with Crippen molar-refractivity contribution in [2.45, 2.75) is 6.10 Å². The van der Waals surface area contributed by atoms with Gasteiger partial charge < -0.3 is 10.5 Å². The third-order valence-electron chi connectivity index (χ3n) is 2.39. The molecule has 0 saturated carbocycles. The van der Waals surface area contributed by atoms with Crippen LogP contribution in [0.5, 0.6) is 5.75 Å². The maximum atomic E-state index is 13.0. The van der Waals surface area contributed by atoms with Crippen molar-refractivity contribution in [3.63, 3.8) is 0 Å². The minimum absolute atomic E-state index is 0.292. The molecule has 0 amide bonds. The zero-order valence-electron chi connectivity index (χ0n) is 9.51. The van der Waals surface area contributed by atoms with Gasteiger partial charge >= 0.3 is 0 Å². The van der Waals surface area contributed by atoms with Gasteiger partial charge in [0.15, 0.2) is 6.10 Å². The fourth-order valence-electron chi connectivity index (χ4n) is 1.52. The largest absolute Gasteiger partial charge is 0.482 e. The summed E-state index contributed by atoms with van der Waals surface area (Å²) in [6, 6.07) is 9.78. The predicted octanol–water partition coefficient (Wildman–Crippen LogP) is 3.06. The Balaban J connectivity index is 2.21. The van der Waals surface area contributed by atoms with E-state index in [0.29, 0.717) is 16.8 Å². The van der Waals surface area contributed by atoms with Crippen molar-refractivity contribution in [1.82, 2.24) is 4.98 Å². The van der Waals surface area contributed by atoms with Gasteiger partial charge in [-0.05, 0) is 46.3 Å². The lowest BCUT2D eigenvalue weighted by atomic mass is 10.2. The van der Waals surface area contributed by atoms with Crippen LogP contribution in [-0.4, -0.2) is 11.5 Å². The fourth-order valence-corrected chi connectivity index (χ4v) is 1.96. The van der Waals surface area contributed by atoms with Crippen LogP contribution in [0.1, 0.15) is 11.8 Å². The molecule has 1 unspecified atom stereocenters. The molecule has 0 saturated heterocycles. The van der Waals surface area contributed by atoms with Crippen molar-refractivity contribution in [1.29, 1.82) is 0 Å². The number of halogens is 2. The molecule has 0 radical (unpaired) electrons. The highest BCUT2D eigenvalue weighted by Crippen LogP contribution is 2.29. The quantitative estimate of drug-likeness (QED) is 0.944. The summed E-state index contributed by atoms with van der Waals surface area (Å²) < 4.78 is 19.3. The average molecular weight is 311 g/mol. The highest BCUT2D eigenvalue weighted by molar-refractivity contribution is 9.10. The molecule has 2 aromatic rings. The summed E-state index contributed by atoms with van der Waals surface area (Å²) in [6.07, 6.45) is 1.33. The molecule has 94 valence electrons. The van der Waals surface area contributed by atoms with Crippen LogP contribution in [0.25, 0.3) is 0 Å². The number of aromatic nitrogens is 1. The number of hydrogen-bond donors (Lipinski definition) is 1. The number of pyridine rings is 1. The fraction of sp³-hybridized carbons (Fsp3) is 0.154. The lowest BCUT2D eigenvalue weighted by Gasteiger charge is -2.17. The van der Waals surface area contributed by atoms with E-state index < -0.39 is 0 Å². The van der Waals surface area contributed by atoms with Gasteiger partial charge in [-0.25, -0.2) is 4.39 Å². The van der Waals surface area contributed by atoms with E-state index in [1.54, 1.807) is 12.3 Å². The minimum Gasteiger partial charge on any atom is -0.482 e. The Bertz CT molecular complexity index is 522. The summed E-state index contributed by atoms with van der Waals surface area (Å²) >= 11 is 3.25. The van der Waals surface area contributed by atoms with E-state index in [4.69, 9.17) is 10.5 Å². The van der Waals surface area contributed by atoms with Gasteiger partial charge in [0.25, 0.3) is 0 Å². The molecule has 3 nitrogen and oxygen atoms in total. The summed E-state index contributed by atoms with van der Waals surface area (Å²) in [5.74, 6) is 0.217. The van der Waals surface area contributed by atoms with Crippen LogP contribution in [0.4, 0.5) is 4.39 Å². The standard InChI is InChI=1S/C13H12BrFN2O/c14-10-7-9(15)4-5-12(10)18-13(8-16)11-3-1-2-6-17-11/h1-7,13H,8,16H2. The molecule has 0 bridgehead atoms. The van der Waals surface area contributed by atoms with Crippen molar-refractivity contribution in [3.8, 4) is 5.75 Å². The second-order valence-electron chi connectivity index (χ2n) is 3.67. The van der Waals surface area contributed by atoms with Crippen molar-refractivity contribution >= 4 is 15.9 Å². The molecule has 0 fully saturated rings. The van der Waals surface area contributed by atoms with Gasteiger partial charge in [0.05, 0.1) is 10.2 Å². The van der Waals surface area contributed by atoms with Gasteiger partial charge in [0.2, 0.25) is 0 Å². The normalized spacial score (nSPS) is 12.2. The maximum absolute atomic E-state index is 13.0. The van der Waals surface area contributed by atoms with Crippen molar-refractivity contribution < 1.29 is 9.13 Å². The Morgan fingerprint density at radius 1 is 1.33 bits per heavy atom. The van der Waals surface area contributed by atoms with Gasteiger partial charge in [-0.2, -0.15) is 0 Å². The van der Waals surface area contributed by atoms with Gasteiger partial charge in [0.1, 0.15) is 11.6 Å². The Morgan fingerprint density at radius 3 is 2.78 bits per heavy atom. The molecule has 5 heteroatoms. The van der Waals surface area contributed by atoms with E-state index in [9.17, 15) is 4.39 Å². The molecule has 1 aromatic carbocycles. The average Bonchev–Trinajstić information content (AvgIpc) is 2.39. The number of nitrogens with zero attached hydrogens (tertiary/aromatic N) is 1. The van der Waals surface area contributed by atoms with E-state index in [0.717, 1.165) is 5.69 Å². The minimum atomic E-state index is -0.354. The molecule has 0 spiro atoms. The molecule has 2 N–H and O–H groups in total. The molecule has 0 aliphatic rings. The topological polar surface area (TPSA) is 48.1 Å². The number of benzene rings is 1. The Hall–Kier alpha value is -1.46. The van der Waals surface area contributed by atoms with Gasteiger partial charge in [-0.3, -0.25) is 4.98 Å². The maximum Gasteiger partial charge on any atom is 0.153 e. The van der Waals surface area contributed by atoms with E-state index in [2.05, 4.69) is 20.9 Å². The monoisotopic (exact) mass is 310 g/mol. The van der Waals surface area contributed by atoms with Crippen molar-refractivity contribution in [2.75, 3.05) is 6.54 Å². The first-order valence-corrected chi connectivity index (χ1v) is 6.22. The van der Waals surface area contributed by atoms with E-state index in [1.807, 2.05) is 18.2 Å². The molecule has 0 aliphatic heterocycles. The van der Waals surface area contributed by atoms with Crippen LogP contribution >= 0.6 is 15.9 Å². The molecular formula is C13H12BrFN2O. The van der Waals surface area contributed by atoms with E-state index >= 15 is 0 Å². The summed E-state index contributed by atoms with van der Waals surface area (Å²) in [7, 11) is 0. The molecule has 1 aromatic heterocycles. The zero-order chi connectivity index (χ0) is 13.0. The van der Waals surface area contributed by atoms with Crippen LogP contribution in [0.3, 0.4) is 0 Å². The Kier molecular flexibility index (Phi) is 4.28. The lowest BCUT2D eigenvalue weighted by molar-refractivity contribution is 0.207. The van der Waals surface area contributed by atoms with E-state index in [-0.39, 0.29) is 11.9 Å². The highest BCUT2D eigenvalue weighted by Gasteiger charge is 2.14. The number of hydrogen-bond acceptors (Lipinski definition) is 3. The summed E-state index contributed by atoms with van der Waals surface area (Å²) in [4.78, 5) is 4.20. The van der Waals surface area contributed by atoms with Gasteiger partial charge in [-0.1, -0.05) is 6.07 Å². The third kappa shape index (κ3) is 3.05. The molecule has 1 heterocycles. The smallest absolute Gasteiger partial charge is 0.153 e. The predicted molar refractivity (Wildman–Crippen MR) is 70.8 cm³/mol. The summed E-state index contributed by atoms with van der Waals surface area (Å²) in [5.41, 5.74) is 6.42. The van der Waals surface area contributed by atoms with Gasteiger partial charge in [-0.15, -0.1) is 0 Å². The first-order chi connectivity index (χ1) is 8.70. The Labute approximate surface area is 113 Å². The second kappa shape index (κ2) is 5.93. The summed E-state index contributed by atoms with van der Waals surface area (Å²) in [5, 5.41) is 0. The van der Waals surface area contributed by atoms with Crippen LogP contribution < -0.4 is 10.5 Å². The molecule has 0 aliphatic carbocycles. The molecular weight excluding hydrogens is 299 g/mol. The highest BCUT2D eigenvalue weighted by atomic mass is 79.9. The SMILES string of the molecule is NCC(Oc1ccc(F)cc1Br)c1ccccn1. The number of rotatable bonds is 4. The first-order valence-electron chi connectivity index (χ1n) is 5.43. The van der Waals surface area contributed by atoms with Gasteiger partial charge in [0, 0.05) is 12.7 Å². The first kappa shape index (κ1) is 13.0. The lowest BCUT2D eigenvalue weighted by Crippen LogP contribution is -2.19. The van der Waals surface area contributed by atoms with Crippen molar-refractivity contribution in [2.24, 2.45) is 5.73 Å². The molecule has 2 rings (SSSR count). The van der Waals surface area contributed by atoms with E-state index in [1.165, 1.54) is 12.1 Å².